The van der Waals surface area contributed by atoms with Crippen LogP contribution >= 0.6 is 11.6 Å². The Morgan fingerprint density at radius 3 is 2.64 bits per heavy atom. The highest BCUT2D eigenvalue weighted by Crippen LogP contribution is 2.34. The van der Waals surface area contributed by atoms with Crippen LogP contribution in [0.25, 0.3) is 10.9 Å². The molecular formula is C22H23ClFN5O4. The van der Waals surface area contributed by atoms with Crippen LogP contribution in [-0.4, -0.2) is 67.8 Å². The lowest BCUT2D eigenvalue weighted by Crippen LogP contribution is -2.38. The van der Waals surface area contributed by atoms with Gasteiger partial charge in [0.15, 0.2) is 17.1 Å². The molecule has 2 aromatic heterocycles. The molecule has 1 aliphatic heterocycles. The van der Waals surface area contributed by atoms with Gasteiger partial charge in [-0.25, -0.2) is 9.07 Å². The fourth-order valence-corrected chi connectivity index (χ4v) is 4.04. The standard InChI is InChI=1S/C22H23ClFN5O4/c1-11(2)27(4)21(32)16-17-15(19(30)18-22(33)26(3)7-8-28(17)18)20(31)29(25-16)10-12-5-6-14(24)13(23)9-12/h5-6,9,11,30H,7-8,10H2,1-4H3. The second-order valence-electron chi connectivity index (χ2n) is 8.37. The van der Waals surface area contributed by atoms with Crippen LogP contribution in [0, 0.1) is 5.82 Å². The zero-order valence-electron chi connectivity index (χ0n) is 18.6. The molecule has 3 heterocycles. The summed E-state index contributed by atoms with van der Waals surface area (Å²) in [7, 11) is 3.20. The molecule has 0 aliphatic carbocycles. The second-order valence-corrected chi connectivity index (χ2v) is 8.78. The van der Waals surface area contributed by atoms with Crippen molar-refractivity contribution in [2.24, 2.45) is 0 Å². The SMILES string of the molecule is CC(C)N(C)C(=O)c1nn(Cc2ccc(F)c(Cl)c2)c(=O)c2c(O)c3n(c12)CCN(C)C3=O. The summed E-state index contributed by atoms with van der Waals surface area (Å²) >= 11 is 5.87. The van der Waals surface area contributed by atoms with E-state index in [-0.39, 0.29) is 39.9 Å². The highest BCUT2D eigenvalue weighted by Gasteiger charge is 2.34. The number of likely N-dealkylation sites (N-methyl/N-ethyl adjacent to an activating group) is 1. The average Bonchev–Trinajstić information content (AvgIpc) is 3.07. The van der Waals surface area contributed by atoms with Crippen LogP contribution in [0.4, 0.5) is 4.39 Å². The fourth-order valence-electron chi connectivity index (χ4n) is 3.83. The molecule has 9 nitrogen and oxygen atoms in total. The number of amides is 2. The van der Waals surface area contributed by atoms with Crippen LogP contribution in [0.5, 0.6) is 5.75 Å². The number of aromatic hydroxyl groups is 1. The van der Waals surface area contributed by atoms with Gasteiger partial charge in [0.25, 0.3) is 17.4 Å². The lowest BCUT2D eigenvalue weighted by molar-refractivity contribution is 0.0732. The number of benzene rings is 1. The molecule has 0 atom stereocenters. The maximum absolute atomic E-state index is 13.6. The van der Waals surface area contributed by atoms with Crippen LogP contribution in [0.15, 0.2) is 23.0 Å². The molecule has 0 saturated heterocycles. The van der Waals surface area contributed by atoms with Crippen molar-refractivity contribution in [3.05, 3.63) is 56.3 Å². The summed E-state index contributed by atoms with van der Waals surface area (Å²) in [6, 6.07) is 3.82. The Hall–Kier alpha value is -3.40. The van der Waals surface area contributed by atoms with Crippen LogP contribution in [-0.2, 0) is 13.1 Å². The van der Waals surface area contributed by atoms with Crippen molar-refractivity contribution in [3.8, 4) is 5.75 Å². The molecule has 1 aliphatic rings. The van der Waals surface area contributed by atoms with Gasteiger partial charge in [0.05, 0.1) is 17.1 Å². The molecule has 11 heteroatoms. The van der Waals surface area contributed by atoms with Crippen molar-refractivity contribution in [1.29, 1.82) is 0 Å². The maximum Gasteiger partial charge on any atom is 0.280 e. The minimum Gasteiger partial charge on any atom is -0.505 e. The Bertz CT molecular complexity index is 1360. The molecule has 2 amide bonds. The van der Waals surface area contributed by atoms with Crippen LogP contribution in [0.3, 0.4) is 0 Å². The Kier molecular flexibility index (Phi) is 5.65. The predicted octanol–water partition coefficient (Wildman–Crippen LogP) is 2.31. The summed E-state index contributed by atoms with van der Waals surface area (Å²) in [5.41, 5.74) is -0.191. The molecule has 0 fully saturated rings. The van der Waals surface area contributed by atoms with Gasteiger partial charge in [-0.2, -0.15) is 5.10 Å². The summed E-state index contributed by atoms with van der Waals surface area (Å²) in [6.45, 7) is 4.18. The fraction of sp³-hybridized carbons (Fsp3) is 0.364. The third-order valence-corrected chi connectivity index (χ3v) is 6.24. The van der Waals surface area contributed by atoms with Crippen molar-refractivity contribution in [3.63, 3.8) is 0 Å². The number of hydrogen-bond acceptors (Lipinski definition) is 5. The van der Waals surface area contributed by atoms with E-state index in [1.54, 1.807) is 14.1 Å². The largest absolute Gasteiger partial charge is 0.505 e. The number of halogens is 2. The van der Waals surface area contributed by atoms with Crippen molar-refractivity contribution >= 4 is 34.3 Å². The van der Waals surface area contributed by atoms with Crippen molar-refractivity contribution < 1.29 is 19.1 Å². The Labute approximate surface area is 193 Å². The van der Waals surface area contributed by atoms with Crippen LogP contribution < -0.4 is 5.56 Å². The number of aromatic nitrogens is 3. The summed E-state index contributed by atoms with van der Waals surface area (Å²) in [4.78, 5) is 42.4. The number of carbonyl (C=O) groups excluding carboxylic acids is 2. The molecule has 0 radical (unpaired) electrons. The molecule has 4 rings (SSSR count). The zero-order valence-corrected chi connectivity index (χ0v) is 19.4. The Morgan fingerprint density at radius 1 is 1.30 bits per heavy atom. The summed E-state index contributed by atoms with van der Waals surface area (Å²) in [5, 5.41) is 15.0. The van der Waals surface area contributed by atoms with Gasteiger partial charge in [0.1, 0.15) is 11.2 Å². The molecule has 0 unspecified atom stereocenters. The molecule has 0 bridgehead atoms. The number of nitrogens with zero attached hydrogens (tertiary/aromatic N) is 5. The van der Waals surface area contributed by atoms with Crippen molar-refractivity contribution in [2.45, 2.75) is 33.0 Å². The molecule has 0 saturated carbocycles. The first-order valence-corrected chi connectivity index (χ1v) is 10.7. The van der Waals surface area contributed by atoms with Gasteiger partial charge < -0.3 is 19.5 Å². The molecule has 1 N–H and O–H groups in total. The quantitative estimate of drug-likeness (QED) is 0.624. The van der Waals surface area contributed by atoms with Gasteiger partial charge in [0.2, 0.25) is 0 Å². The van der Waals surface area contributed by atoms with Crippen LogP contribution in [0.1, 0.15) is 40.4 Å². The summed E-state index contributed by atoms with van der Waals surface area (Å²) < 4.78 is 16.1. The smallest absolute Gasteiger partial charge is 0.280 e. The number of rotatable bonds is 4. The minimum atomic E-state index is -0.677. The topological polar surface area (TPSA) is 101 Å². The molecular weight excluding hydrogens is 453 g/mol. The van der Waals surface area contributed by atoms with Crippen LogP contribution in [0.2, 0.25) is 5.02 Å². The van der Waals surface area contributed by atoms with Gasteiger partial charge in [-0.3, -0.25) is 14.4 Å². The lowest BCUT2D eigenvalue weighted by Gasteiger charge is -2.26. The van der Waals surface area contributed by atoms with E-state index in [2.05, 4.69) is 5.10 Å². The van der Waals surface area contributed by atoms with E-state index in [9.17, 15) is 23.9 Å². The van der Waals surface area contributed by atoms with Crippen molar-refractivity contribution in [2.75, 3.05) is 20.6 Å². The Morgan fingerprint density at radius 2 is 2.00 bits per heavy atom. The van der Waals surface area contributed by atoms with E-state index in [0.29, 0.717) is 18.7 Å². The van der Waals surface area contributed by atoms with Crippen molar-refractivity contribution in [1.82, 2.24) is 24.1 Å². The summed E-state index contributed by atoms with van der Waals surface area (Å²) in [5.74, 6) is -2.01. The van der Waals surface area contributed by atoms with Gasteiger partial charge in [0, 0.05) is 33.2 Å². The molecule has 33 heavy (non-hydrogen) atoms. The highest BCUT2D eigenvalue weighted by molar-refractivity contribution is 6.30. The first-order valence-electron chi connectivity index (χ1n) is 10.4. The average molecular weight is 476 g/mol. The van der Waals surface area contributed by atoms with Gasteiger partial charge in [-0.15, -0.1) is 0 Å². The van der Waals surface area contributed by atoms with Gasteiger partial charge in [-0.1, -0.05) is 17.7 Å². The zero-order chi connectivity index (χ0) is 24.2. The third-order valence-electron chi connectivity index (χ3n) is 5.95. The molecule has 0 spiro atoms. The minimum absolute atomic E-state index is 0.0542. The monoisotopic (exact) mass is 475 g/mol. The van der Waals surface area contributed by atoms with E-state index < -0.39 is 28.9 Å². The number of fused-ring (bicyclic) bond motifs is 3. The first kappa shape index (κ1) is 22.8. The van der Waals surface area contributed by atoms with Gasteiger partial charge in [-0.05, 0) is 31.5 Å². The van der Waals surface area contributed by atoms with E-state index in [1.807, 2.05) is 13.8 Å². The van der Waals surface area contributed by atoms with E-state index in [4.69, 9.17) is 11.6 Å². The third kappa shape index (κ3) is 3.64. The van der Waals surface area contributed by atoms with E-state index >= 15 is 0 Å². The maximum atomic E-state index is 13.6. The predicted molar refractivity (Wildman–Crippen MR) is 120 cm³/mol. The first-order chi connectivity index (χ1) is 15.5. The summed E-state index contributed by atoms with van der Waals surface area (Å²) in [6.07, 6.45) is 0. The number of carbonyl (C=O) groups is 2. The van der Waals surface area contributed by atoms with E-state index in [0.717, 1.165) is 4.68 Å². The van der Waals surface area contributed by atoms with E-state index in [1.165, 1.54) is 32.6 Å². The Balaban J connectivity index is 2.01. The highest BCUT2D eigenvalue weighted by atomic mass is 35.5. The van der Waals surface area contributed by atoms with Gasteiger partial charge >= 0.3 is 0 Å². The molecule has 3 aromatic rings. The lowest BCUT2D eigenvalue weighted by atomic mass is 10.2. The molecule has 1 aromatic carbocycles. The second kappa shape index (κ2) is 8.18. The number of hydrogen-bond donors (Lipinski definition) is 1. The molecule has 174 valence electrons. The normalized spacial score (nSPS) is 13.7.